The Hall–Kier alpha value is -1.67. The molecule has 3 heterocycles. The third-order valence-corrected chi connectivity index (χ3v) is 6.06. The standard InChI is InChI=1S/C18H25N5OS2/c1-9(2)14-19-16-13(10(3)11(4)26-16)15-21-22-17(23(14)15)25-8-12(24)20-18(5,6)7/h9H,8H2,1-7H3,(H,20,24). The van der Waals surface area contributed by atoms with Gasteiger partial charge < -0.3 is 5.32 Å². The molecule has 0 aliphatic carbocycles. The van der Waals surface area contributed by atoms with Crippen LogP contribution >= 0.6 is 23.1 Å². The van der Waals surface area contributed by atoms with Crippen LogP contribution in [0.5, 0.6) is 0 Å². The van der Waals surface area contributed by atoms with Crippen molar-refractivity contribution in [1.29, 1.82) is 0 Å². The molecule has 140 valence electrons. The molecule has 0 atom stereocenters. The van der Waals surface area contributed by atoms with E-state index in [0.29, 0.717) is 10.9 Å². The maximum Gasteiger partial charge on any atom is 0.230 e. The predicted molar refractivity (Wildman–Crippen MR) is 108 cm³/mol. The fourth-order valence-electron chi connectivity index (χ4n) is 2.81. The van der Waals surface area contributed by atoms with Gasteiger partial charge in [-0.15, -0.1) is 21.5 Å². The largest absolute Gasteiger partial charge is 0.351 e. The number of rotatable bonds is 4. The van der Waals surface area contributed by atoms with Gasteiger partial charge in [0.05, 0.1) is 11.1 Å². The second kappa shape index (κ2) is 6.81. The topological polar surface area (TPSA) is 72.2 Å². The zero-order valence-electron chi connectivity index (χ0n) is 16.3. The summed E-state index contributed by atoms with van der Waals surface area (Å²) in [6.45, 7) is 14.4. The summed E-state index contributed by atoms with van der Waals surface area (Å²) in [5.41, 5.74) is 1.79. The quantitative estimate of drug-likeness (QED) is 0.678. The van der Waals surface area contributed by atoms with Gasteiger partial charge in [-0.05, 0) is 40.2 Å². The third kappa shape index (κ3) is 3.57. The smallest absolute Gasteiger partial charge is 0.230 e. The van der Waals surface area contributed by atoms with Crippen LogP contribution in [0.2, 0.25) is 0 Å². The summed E-state index contributed by atoms with van der Waals surface area (Å²) in [6, 6.07) is 0. The monoisotopic (exact) mass is 391 g/mol. The Morgan fingerprint density at radius 1 is 1.27 bits per heavy atom. The molecule has 0 aliphatic heterocycles. The van der Waals surface area contributed by atoms with Gasteiger partial charge in [-0.2, -0.15) is 0 Å². The van der Waals surface area contributed by atoms with Crippen LogP contribution in [0.15, 0.2) is 5.16 Å². The van der Waals surface area contributed by atoms with Crippen LogP contribution in [-0.2, 0) is 4.79 Å². The molecular formula is C18H25N5OS2. The number of carbonyl (C=O) groups excluding carboxylic acids is 1. The third-order valence-electron chi connectivity index (χ3n) is 4.03. The summed E-state index contributed by atoms with van der Waals surface area (Å²) in [4.78, 5) is 19.3. The van der Waals surface area contributed by atoms with Gasteiger partial charge in [0.2, 0.25) is 5.91 Å². The Balaban J connectivity index is 2.04. The molecule has 0 radical (unpaired) electrons. The number of thiophene rings is 1. The summed E-state index contributed by atoms with van der Waals surface area (Å²) in [5.74, 6) is 1.44. The summed E-state index contributed by atoms with van der Waals surface area (Å²) < 4.78 is 2.02. The molecule has 0 spiro atoms. The predicted octanol–water partition coefficient (Wildman–Crippen LogP) is 4.09. The van der Waals surface area contributed by atoms with Crippen LogP contribution in [0, 0.1) is 13.8 Å². The maximum absolute atomic E-state index is 12.2. The maximum atomic E-state index is 12.2. The van der Waals surface area contributed by atoms with Crippen molar-refractivity contribution < 1.29 is 4.79 Å². The lowest BCUT2D eigenvalue weighted by atomic mass is 10.1. The SMILES string of the molecule is Cc1sc2nc(C(C)C)n3c(SCC(=O)NC(C)(C)C)nnc3c2c1C. The van der Waals surface area contributed by atoms with Crippen molar-refractivity contribution in [3.05, 3.63) is 16.3 Å². The first-order valence-electron chi connectivity index (χ1n) is 8.67. The van der Waals surface area contributed by atoms with E-state index in [4.69, 9.17) is 4.98 Å². The van der Waals surface area contributed by atoms with E-state index in [2.05, 4.69) is 43.2 Å². The van der Waals surface area contributed by atoms with E-state index >= 15 is 0 Å². The Morgan fingerprint density at radius 2 is 1.96 bits per heavy atom. The van der Waals surface area contributed by atoms with E-state index in [1.54, 1.807) is 11.3 Å². The summed E-state index contributed by atoms with van der Waals surface area (Å²) in [5, 5.41) is 13.6. The van der Waals surface area contributed by atoms with Gasteiger partial charge in [0, 0.05) is 16.3 Å². The minimum absolute atomic E-state index is 0.0121. The average molecular weight is 392 g/mol. The van der Waals surface area contributed by atoms with E-state index in [1.165, 1.54) is 22.2 Å². The number of carbonyl (C=O) groups is 1. The van der Waals surface area contributed by atoms with Crippen molar-refractivity contribution in [2.24, 2.45) is 0 Å². The van der Waals surface area contributed by atoms with Crippen LogP contribution in [0.3, 0.4) is 0 Å². The Bertz CT molecular complexity index is 981. The van der Waals surface area contributed by atoms with Crippen molar-refractivity contribution in [3.8, 4) is 0 Å². The summed E-state index contributed by atoms with van der Waals surface area (Å²) in [7, 11) is 0. The number of thioether (sulfide) groups is 1. The van der Waals surface area contributed by atoms with Gasteiger partial charge in [0.15, 0.2) is 10.8 Å². The molecule has 3 aromatic rings. The van der Waals surface area contributed by atoms with Gasteiger partial charge in [-0.3, -0.25) is 9.20 Å². The molecule has 26 heavy (non-hydrogen) atoms. The Labute approximate surface area is 161 Å². The van der Waals surface area contributed by atoms with Crippen molar-refractivity contribution in [1.82, 2.24) is 24.9 Å². The molecule has 3 rings (SSSR count). The first-order valence-corrected chi connectivity index (χ1v) is 10.5. The Morgan fingerprint density at radius 3 is 2.58 bits per heavy atom. The van der Waals surface area contributed by atoms with Gasteiger partial charge >= 0.3 is 0 Å². The van der Waals surface area contributed by atoms with Crippen molar-refractivity contribution >= 4 is 44.9 Å². The lowest BCUT2D eigenvalue weighted by Gasteiger charge is -2.20. The number of nitrogens with zero attached hydrogens (tertiary/aromatic N) is 4. The fraction of sp³-hybridized carbons (Fsp3) is 0.556. The van der Waals surface area contributed by atoms with E-state index in [9.17, 15) is 4.79 Å². The van der Waals surface area contributed by atoms with Crippen LogP contribution in [0.1, 0.15) is 56.8 Å². The highest BCUT2D eigenvalue weighted by Crippen LogP contribution is 2.34. The van der Waals surface area contributed by atoms with Gasteiger partial charge in [0.1, 0.15) is 10.7 Å². The number of fused-ring (bicyclic) bond motifs is 3. The van der Waals surface area contributed by atoms with Crippen LogP contribution in [0.25, 0.3) is 15.9 Å². The van der Waals surface area contributed by atoms with Gasteiger partial charge in [-0.1, -0.05) is 25.6 Å². The molecule has 0 unspecified atom stereocenters. The molecule has 0 saturated heterocycles. The van der Waals surface area contributed by atoms with Crippen molar-refractivity contribution in [2.75, 3.05) is 5.75 Å². The van der Waals surface area contributed by atoms with Gasteiger partial charge in [0.25, 0.3) is 0 Å². The normalized spacial score (nSPS) is 12.5. The highest BCUT2D eigenvalue weighted by Gasteiger charge is 2.22. The minimum Gasteiger partial charge on any atom is -0.351 e. The van der Waals surface area contributed by atoms with Crippen LogP contribution in [-0.4, -0.2) is 36.8 Å². The number of hydrogen-bond donors (Lipinski definition) is 1. The number of aryl methyl sites for hydroxylation is 2. The number of amides is 1. The first-order chi connectivity index (χ1) is 12.1. The van der Waals surface area contributed by atoms with E-state index in [0.717, 1.165) is 21.7 Å². The number of aromatic nitrogens is 4. The molecule has 1 N–H and O–H groups in total. The van der Waals surface area contributed by atoms with Crippen LogP contribution in [0.4, 0.5) is 0 Å². The molecule has 3 aromatic heterocycles. The lowest BCUT2D eigenvalue weighted by molar-refractivity contribution is -0.119. The highest BCUT2D eigenvalue weighted by atomic mass is 32.2. The zero-order valence-corrected chi connectivity index (χ0v) is 17.9. The van der Waals surface area contributed by atoms with E-state index in [-0.39, 0.29) is 17.4 Å². The molecular weight excluding hydrogens is 366 g/mol. The van der Waals surface area contributed by atoms with E-state index in [1.807, 2.05) is 25.2 Å². The summed E-state index contributed by atoms with van der Waals surface area (Å²) >= 11 is 3.09. The van der Waals surface area contributed by atoms with Crippen molar-refractivity contribution in [3.63, 3.8) is 0 Å². The molecule has 0 aliphatic rings. The molecule has 0 saturated carbocycles. The summed E-state index contributed by atoms with van der Waals surface area (Å²) in [6.07, 6.45) is 0. The molecule has 1 amide bonds. The Kier molecular flexibility index (Phi) is 5.00. The minimum atomic E-state index is -0.243. The fourth-order valence-corrected chi connectivity index (χ4v) is 4.58. The second-order valence-corrected chi connectivity index (χ2v) is 9.96. The average Bonchev–Trinajstić information content (AvgIpc) is 3.04. The number of hydrogen-bond acceptors (Lipinski definition) is 6. The molecule has 8 heteroatoms. The molecule has 6 nitrogen and oxygen atoms in total. The highest BCUT2D eigenvalue weighted by molar-refractivity contribution is 7.99. The lowest BCUT2D eigenvalue weighted by Crippen LogP contribution is -2.41. The van der Waals surface area contributed by atoms with E-state index < -0.39 is 0 Å². The zero-order chi connectivity index (χ0) is 19.2. The van der Waals surface area contributed by atoms with Crippen molar-refractivity contribution in [2.45, 2.75) is 65.1 Å². The first kappa shape index (κ1) is 19.1. The molecule has 0 aromatic carbocycles. The van der Waals surface area contributed by atoms with Crippen LogP contribution < -0.4 is 5.32 Å². The number of nitrogens with one attached hydrogen (secondary N) is 1. The second-order valence-electron chi connectivity index (χ2n) is 7.82. The van der Waals surface area contributed by atoms with Gasteiger partial charge in [-0.25, -0.2) is 4.98 Å². The molecule has 0 bridgehead atoms. The molecule has 0 fully saturated rings.